The summed E-state index contributed by atoms with van der Waals surface area (Å²) >= 11 is 1.25. The molecule has 0 fully saturated rings. The van der Waals surface area contributed by atoms with Crippen molar-refractivity contribution in [2.24, 2.45) is 0 Å². The number of benzene rings is 2. The third-order valence-electron chi connectivity index (χ3n) is 2.95. The molecule has 3 nitrogen and oxygen atoms in total. The van der Waals surface area contributed by atoms with Crippen molar-refractivity contribution in [3.8, 4) is 0 Å². The molecule has 0 amide bonds. The molecule has 1 N–H and O–H groups in total. The van der Waals surface area contributed by atoms with E-state index in [1.807, 2.05) is 25.1 Å². The van der Waals surface area contributed by atoms with E-state index in [1.54, 1.807) is 12.1 Å². The van der Waals surface area contributed by atoms with Gasteiger partial charge in [0.05, 0.1) is 16.6 Å². The zero-order valence-corrected chi connectivity index (χ0v) is 11.5. The molecule has 3 rings (SSSR count). The summed E-state index contributed by atoms with van der Waals surface area (Å²) in [6.45, 7) is 2.00. The van der Waals surface area contributed by atoms with Crippen molar-refractivity contribution in [2.45, 2.75) is 17.0 Å². The summed E-state index contributed by atoms with van der Waals surface area (Å²) in [6.07, 6.45) is 0.532. The van der Waals surface area contributed by atoms with Gasteiger partial charge in [-0.1, -0.05) is 23.9 Å². The smallest absolute Gasteiger partial charge is 0.171 e. The first kappa shape index (κ1) is 12.9. The standard InChI is InChI=1S/C15H11FN2OS/c1-9-5-6-12-13(7-9)18-15(17-12)20-14-4-2-3-11(16)10(14)8-19/h2-8H,1H3,(H,17,18). The number of nitrogens with one attached hydrogen (secondary N) is 1. The van der Waals surface area contributed by atoms with Gasteiger partial charge >= 0.3 is 0 Å². The van der Waals surface area contributed by atoms with E-state index in [-0.39, 0.29) is 5.56 Å². The number of fused-ring (bicyclic) bond motifs is 1. The van der Waals surface area contributed by atoms with Gasteiger partial charge in [-0.25, -0.2) is 9.37 Å². The van der Waals surface area contributed by atoms with Gasteiger partial charge in [-0.05, 0) is 36.8 Å². The van der Waals surface area contributed by atoms with E-state index in [4.69, 9.17) is 0 Å². The monoisotopic (exact) mass is 286 g/mol. The number of aryl methyl sites for hydroxylation is 1. The van der Waals surface area contributed by atoms with Gasteiger partial charge in [-0.3, -0.25) is 4.79 Å². The molecule has 20 heavy (non-hydrogen) atoms. The van der Waals surface area contributed by atoms with Gasteiger partial charge in [0.1, 0.15) is 5.82 Å². The first-order valence-corrected chi connectivity index (χ1v) is 6.87. The number of carbonyl (C=O) groups excluding carboxylic acids is 1. The van der Waals surface area contributed by atoms with E-state index in [9.17, 15) is 9.18 Å². The van der Waals surface area contributed by atoms with Gasteiger partial charge in [0.25, 0.3) is 0 Å². The molecule has 0 bridgehead atoms. The van der Waals surface area contributed by atoms with Crippen molar-refractivity contribution < 1.29 is 9.18 Å². The zero-order chi connectivity index (χ0) is 14.1. The summed E-state index contributed by atoms with van der Waals surface area (Å²) in [5.74, 6) is -0.517. The molecule has 5 heteroatoms. The molecule has 0 atom stereocenters. The Hall–Kier alpha value is -2.14. The molecule has 100 valence electrons. The van der Waals surface area contributed by atoms with E-state index >= 15 is 0 Å². The van der Waals surface area contributed by atoms with Gasteiger partial charge < -0.3 is 4.98 Å². The number of rotatable bonds is 3. The average Bonchev–Trinajstić information content (AvgIpc) is 2.80. The molecule has 1 aromatic heterocycles. The predicted octanol–water partition coefficient (Wildman–Crippen LogP) is 3.97. The number of H-pyrrole nitrogens is 1. The van der Waals surface area contributed by atoms with Crippen LogP contribution in [0.4, 0.5) is 4.39 Å². The summed E-state index contributed by atoms with van der Waals surface area (Å²) in [5, 5.41) is 0.638. The third kappa shape index (κ3) is 2.32. The molecule has 0 aliphatic rings. The number of nitrogens with zero attached hydrogens (tertiary/aromatic N) is 1. The van der Waals surface area contributed by atoms with Crippen LogP contribution in [0.15, 0.2) is 46.5 Å². The van der Waals surface area contributed by atoms with Crippen LogP contribution in [-0.2, 0) is 0 Å². The highest BCUT2D eigenvalue weighted by molar-refractivity contribution is 7.99. The van der Waals surface area contributed by atoms with Crippen molar-refractivity contribution in [2.75, 3.05) is 0 Å². The average molecular weight is 286 g/mol. The maximum atomic E-state index is 13.5. The first-order valence-electron chi connectivity index (χ1n) is 6.05. The molecule has 1 heterocycles. The van der Waals surface area contributed by atoms with Crippen LogP contribution < -0.4 is 0 Å². The van der Waals surface area contributed by atoms with Gasteiger partial charge in [0.15, 0.2) is 11.4 Å². The van der Waals surface area contributed by atoms with E-state index < -0.39 is 5.82 Å². The highest BCUT2D eigenvalue weighted by atomic mass is 32.2. The molecule has 0 spiro atoms. The fourth-order valence-corrected chi connectivity index (χ4v) is 2.89. The quantitative estimate of drug-likeness (QED) is 0.741. The fourth-order valence-electron chi connectivity index (χ4n) is 1.97. The third-order valence-corrected chi connectivity index (χ3v) is 3.92. The number of carbonyl (C=O) groups is 1. The lowest BCUT2D eigenvalue weighted by molar-refractivity contribution is 0.111. The topological polar surface area (TPSA) is 45.8 Å². The zero-order valence-electron chi connectivity index (χ0n) is 10.7. The molecular weight excluding hydrogens is 275 g/mol. The lowest BCUT2D eigenvalue weighted by atomic mass is 10.2. The van der Waals surface area contributed by atoms with E-state index in [0.717, 1.165) is 16.6 Å². The second-order valence-electron chi connectivity index (χ2n) is 4.43. The van der Waals surface area contributed by atoms with Crippen LogP contribution in [0.5, 0.6) is 0 Å². The lowest BCUT2D eigenvalue weighted by Crippen LogP contribution is -1.91. The Bertz CT molecular complexity index is 798. The van der Waals surface area contributed by atoms with Gasteiger partial charge in [-0.15, -0.1) is 0 Å². The Kier molecular flexibility index (Phi) is 3.28. The minimum atomic E-state index is -0.517. The first-order chi connectivity index (χ1) is 9.67. The van der Waals surface area contributed by atoms with E-state index in [2.05, 4.69) is 9.97 Å². The number of halogens is 1. The highest BCUT2D eigenvalue weighted by Gasteiger charge is 2.11. The Labute approximate surface area is 119 Å². The highest BCUT2D eigenvalue weighted by Crippen LogP contribution is 2.30. The summed E-state index contributed by atoms with van der Waals surface area (Å²) in [5.41, 5.74) is 2.98. The molecule has 0 aliphatic heterocycles. The Morgan fingerprint density at radius 3 is 2.95 bits per heavy atom. The van der Waals surface area contributed by atoms with Crippen molar-refractivity contribution in [1.29, 1.82) is 0 Å². The second kappa shape index (κ2) is 5.09. The molecule has 0 saturated heterocycles. The Morgan fingerprint density at radius 2 is 2.15 bits per heavy atom. The van der Waals surface area contributed by atoms with Crippen molar-refractivity contribution in [1.82, 2.24) is 9.97 Å². The Balaban J connectivity index is 2.01. The number of imidazole rings is 1. The van der Waals surface area contributed by atoms with Crippen LogP contribution in [0.1, 0.15) is 15.9 Å². The molecule has 0 saturated carbocycles. The second-order valence-corrected chi connectivity index (χ2v) is 5.46. The molecule has 2 aromatic carbocycles. The number of hydrogen-bond donors (Lipinski definition) is 1. The van der Waals surface area contributed by atoms with Crippen LogP contribution in [0.25, 0.3) is 11.0 Å². The minimum absolute atomic E-state index is 0.0640. The fraction of sp³-hybridized carbons (Fsp3) is 0.0667. The maximum Gasteiger partial charge on any atom is 0.171 e. The molecule has 0 radical (unpaired) electrons. The summed E-state index contributed by atoms with van der Waals surface area (Å²) in [6, 6.07) is 10.5. The SMILES string of the molecule is Cc1ccc2nc(Sc3cccc(F)c3C=O)[nH]c2c1. The van der Waals surface area contributed by atoms with Crippen LogP contribution in [0, 0.1) is 12.7 Å². The van der Waals surface area contributed by atoms with Crippen molar-refractivity contribution >= 4 is 29.1 Å². The van der Waals surface area contributed by atoms with Crippen molar-refractivity contribution in [3.63, 3.8) is 0 Å². The number of aromatic nitrogens is 2. The van der Waals surface area contributed by atoms with Gasteiger partial charge in [-0.2, -0.15) is 0 Å². The molecule has 0 unspecified atom stereocenters. The molecular formula is C15H11FN2OS. The van der Waals surface area contributed by atoms with Crippen LogP contribution in [0.2, 0.25) is 0 Å². The molecule has 3 aromatic rings. The number of aromatic amines is 1. The van der Waals surface area contributed by atoms with Gasteiger partial charge in [0.2, 0.25) is 0 Å². The summed E-state index contributed by atoms with van der Waals surface area (Å²) in [4.78, 5) is 19.1. The van der Waals surface area contributed by atoms with Crippen LogP contribution >= 0.6 is 11.8 Å². The maximum absolute atomic E-state index is 13.5. The Morgan fingerprint density at radius 1 is 1.30 bits per heavy atom. The molecule has 0 aliphatic carbocycles. The minimum Gasteiger partial charge on any atom is -0.333 e. The van der Waals surface area contributed by atoms with E-state index in [0.29, 0.717) is 16.3 Å². The summed E-state index contributed by atoms with van der Waals surface area (Å²) in [7, 11) is 0. The lowest BCUT2D eigenvalue weighted by Gasteiger charge is -2.02. The van der Waals surface area contributed by atoms with Crippen LogP contribution in [-0.4, -0.2) is 16.3 Å². The number of hydrogen-bond acceptors (Lipinski definition) is 3. The normalized spacial score (nSPS) is 10.9. The van der Waals surface area contributed by atoms with Crippen LogP contribution in [0.3, 0.4) is 0 Å². The predicted molar refractivity (Wildman–Crippen MR) is 76.7 cm³/mol. The largest absolute Gasteiger partial charge is 0.333 e. The van der Waals surface area contributed by atoms with Crippen molar-refractivity contribution in [3.05, 3.63) is 53.3 Å². The summed E-state index contributed by atoms with van der Waals surface area (Å²) < 4.78 is 13.5. The van der Waals surface area contributed by atoms with Gasteiger partial charge in [0, 0.05) is 4.90 Å². The van der Waals surface area contributed by atoms with E-state index in [1.165, 1.54) is 17.8 Å². The number of aldehydes is 1.